The lowest BCUT2D eigenvalue weighted by molar-refractivity contribution is 0.459. The Morgan fingerprint density at radius 3 is 2.53 bits per heavy atom. The van der Waals surface area contributed by atoms with Crippen LogP contribution in [-0.4, -0.2) is 18.1 Å². The predicted molar refractivity (Wildman–Crippen MR) is 64.0 cm³/mol. The molecule has 1 heterocycles. The van der Waals surface area contributed by atoms with Gasteiger partial charge in [0.2, 0.25) is 0 Å². The molecule has 7 heteroatoms. The zero-order valence-corrected chi connectivity index (χ0v) is 10.2. The minimum absolute atomic E-state index is 0.216. The van der Waals surface area contributed by atoms with Crippen LogP contribution in [-0.2, 0) is 10.0 Å². The van der Waals surface area contributed by atoms with Crippen molar-refractivity contribution < 1.29 is 18.1 Å². The van der Waals surface area contributed by atoms with Crippen LogP contribution in [0.25, 0.3) is 0 Å². The summed E-state index contributed by atoms with van der Waals surface area (Å²) in [7, 11) is -5.13. The van der Waals surface area contributed by atoms with Crippen LogP contribution in [0.1, 0.15) is 0 Å². The number of benzene rings is 1. The van der Waals surface area contributed by atoms with Gasteiger partial charge in [-0.3, -0.25) is 4.72 Å². The van der Waals surface area contributed by atoms with Crippen LogP contribution in [0.4, 0.5) is 5.69 Å². The van der Waals surface area contributed by atoms with E-state index in [4.69, 9.17) is 0 Å². The Labute approximate surface area is 101 Å². The number of phenolic OH excluding ortho intramolecular Hbond substituents is 1. The average Bonchev–Trinajstić information content (AvgIpc) is 2.63. The van der Waals surface area contributed by atoms with E-state index in [0.29, 0.717) is 0 Å². The Kier molecular flexibility index (Phi) is 3.05. The molecule has 0 bridgehead atoms. The van der Waals surface area contributed by atoms with Gasteiger partial charge in [-0.2, -0.15) is 0 Å². The number of hydrogen-bond donors (Lipinski definition) is 2. The van der Waals surface area contributed by atoms with Crippen molar-refractivity contribution in [2.75, 3.05) is 4.72 Å². The molecule has 90 valence electrons. The van der Waals surface area contributed by atoms with E-state index < -0.39 is 20.8 Å². The predicted octanol–water partition coefficient (Wildman–Crippen LogP) is 1.92. The summed E-state index contributed by atoms with van der Waals surface area (Å²) < 4.78 is 37.0. The number of thiophene rings is 1. The Balaban J connectivity index is 2.35. The molecule has 1 atom stereocenters. The van der Waals surface area contributed by atoms with Gasteiger partial charge in [0.05, 0.1) is 0 Å². The van der Waals surface area contributed by atoms with E-state index in [1.807, 2.05) is 0 Å². The van der Waals surface area contributed by atoms with E-state index in [1.165, 1.54) is 41.1 Å². The molecule has 0 fully saturated rings. The molecule has 17 heavy (non-hydrogen) atoms. The maximum absolute atomic E-state index is 11.9. The van der Waals surface area contributed by atoms with E-state index in [-0.39, 0.29) is 16.3 Å². The number of nitrogens with one attached hydrogen (secondary N) is 1. The molecule has 0 aliphatic carbocycles. The van der Waals surface area contributed by atoms with Crippen molar-refractivity contribution in [3.05, 3.63) is 41.1 Å². The fourth-order valence-corrected chi connectivity index (χ4v) is 3.27. The minimum Gasteiger partial charge on any atom is -0.591 e. The first-order valence-electron chi connectivity index (χ1n) is 4.59. The van der Waals surface area contributed by atoms with Crippen molar-refractivity contribution in [1.82, 2.24) is 0 Å². The molecular formula is C10H9NO4S2. The molecule has 0 aliphatic rings. The first kappa shape index (κ1) is 11.9. The SMILES string of the molecule is O=S(=O)(Nc1cc[s+]([O-])c1)c1ccccc1O. The molecule has 2 N–H and O–H groups in total. The zero-order chi connectivity index (χ0) is 12.5. The summed E-state index contributed by atoms with van der Waals surface area (Å²) in [5, 5.41) is 12.1. The van der Waals surface area contributed by atoms with Crippen molar-refractivity contribution in [3.8, 4) is 5.75 Å². The lowest BCUT2D eigenvalue weighted by atomic mass is 10.3. The summed E-state index contributed by atoms with van der Waals surface area (Å²) >= 11 is 0. The zero-order valence-electron chi connectivity index (χ0n) is 8.53. The second-order valence-electron chi connectivity index (χ2n) is 3.28. The van der Waals surface area contributed by atoms with Crippen LogP contribution in [0, 0.1) is 0 Å². The monoisotopic (exact) mass is 271 g/mol. The standard InChI is InChI=1S/C10H9NO4S2/c12-9-3-1-2-4-10(9)17(14,15)11-8-5-6-16(13)7-8/h1-7,11-12H. The number of phenols is 1. The number of para-hydroxylation sites is 1. The lowest BCUT2D eigenvalue weighted by Gasteiger charge is -2.06. The number of rotatable bonds is 3. The molecule has 2 aromatic rings. The second-order valence-corrected chi connectivity index (χ2v) is 6.09. The molecule has 0 spiro atoms. The summed E-state index contributed by atoms with van der Waals surface area (Å²) in [6, 6.07) is 7.01. The van der Waals surface area contributed by atoms with Crippen molar-refractivity contribution >= 4 is 26.5 Å². The Morgan fingerprint density at radius 1 is 1.24 bits per heavy atom. The molecule has 5 nitrogen and oxygen atoms in total. The van der Waals surface area contributed by atoms with Gasteiger partial charge in [-0.15, -0.1) is 0 Å². The summed E-state index contributed by atoms with van der Waals surface area (Å²) in [6.45, 7) is 0. The normalized spacial score (nSPS) is 12.4. The van der Waals surface area contributed by atoms with Gasteiger partial charge in [0.25, 0.3) is 10.0 Å². The Morgan fingerprint density at radius 2 is 1.94 bits per heavy atom. The van der Waals surface area contributed by atoms with Gasteiger partial charge in [0, 0.05) is 6.07 Å². The van der Waals surface area contributed by atoms with Crippen LogP contribution in [0.5, 0.6) is 5.75 Å². The molecular weight excluding hydrogens is 262 g/mol. The largest absolute Gasteiger partial charge is 0.591 e. The molecule has 1 unspecified atom stereocenters. The van der Waals surface area contributed by atoms with Gasteiger partial charge in [-0.05, 0) is 12.1 Å². The van der Waals surface area contributed by atoms with Gasteiger partial charge in [0.15, 0.2) is 5.38 Å². The van der Waals surface area contributed by atoms with Crippen molar-refractivity contribution in [3.63, 3.8) is 0 Å². The number of anilines is 1. The quantitative estimate of drug-likeness (QED) is 0.834. The fraction of sp³-hybridized carbons (Fsp3) is 0. The third-order valence-electron chi connectivity index (χ3n) is 2.03. The molecule has 1 aromatic heterocycles. The molecule has 0 amide bonds. The first-order valence-corrected chi connectivity index (χ1v) is 7.35. The van der Waals surface area contributed by atoms with E-state index in [2.05, 4.69) is 4.72 Å². The van der Waals surface area contributed by atoms with Gasteiger partial charge in [0.1, 0.15) is 21.7 Å². The van der Waals surface area contributed by atoms with Crippen LogP contribution >= 0.6 is 10.8 Å². The highest BCUT2D eigenvalue weighted by Crippen LogP contribution is 2.26. The number of sulfonamides is 1. The highest BCUT2D eigenvalue weighted by Gasteiger charge is 2.19. The van der Waals surface area contributed by atoms with Gasteiger partial charge >= 0.3 is 0 Å². The topological polar surface area (TPSA) is 89.5 Å². The molecule has 0 aliphatic heterocycles. The number of hydrogen-bond acceptors (Lipinski definition) is 4. The fourth-order valence-electron chi connectivity index (χ4n) is 1.30. The Bertz CT molecular complexity index is 633. The molecule has 0 saturated heterocycles. The first-order chi connectivity index (χ1) is 7.99. The summed E-state index contributed by atoms with van der Waals surface area (Å²) in [5.41, 5.74) is 0.228. The van der Waals surface area contributed by atoms with Crippen molar-refractivity contribution in [2.24, 2.45) is 0 Å². The Hall–Kier alpha value is -1.57. The maximum Gasteiger partial charge on any atom is 0.265 e. The third-order valence-corrected chi connectivity index (χ3v) is 4.35. The van der Waals surface area contributed by atoms with Gasteiger partial charge in [-0.25, -0.2) is 8.42 Å². The van der Waals surface area contributed by atoms with Crippen molar-refractivity contribution in [1.29, 1.82) is 0 Å². The minimum atomic E-state index is -3.85. The molecule has 0 radical (unpaired) electrons. The van der Waals surface area contributed by atoms with Gasteiger partial charge < -0.3 is 9.66 Å². The van der Waals surface area contributed by atoms with Crippen LogP contribution < -0.4 is 4.72 Å². The van der Waals surface area contributed by atoms with E-state index >= 15 is 0 Å². The molecule has 0 saturated carbocycles. The second kappa shape index (κ2) is 4.36. The summed E-state index contributed by atoms with van der Waals surface area (Å²) in [5.74, 6) is -0.330. The van der Waals surface area contributed by atoms with E-state index in [0.717, 1.165) is 0 Å². The third kappa shape index (κ3) is 2.57. The van der Waals surface area contributed by atoms with E-state index in [1.54, 1.807) is 0 Å². The summed E-state index contributed by atoms with van der Waals surface area (Å²) in [6.07, 6.45) is 0. The smallest absolute Gasteiger partial charge is 0.265 e. The lowest BCUT2D eigenvalue weighted by Crippen LogP contribution is -2.12. The van der Waals surface area contributed by atoms with Crippen molar-refractivity contribution in [2.45, 2.75) is 4.90 Å². The highest BCUT2D eigenvalue weighted by molar-refractivity contribution is 7.92. The van der Waals surface area contributed by atoms with Crippen LogP contribution in [0.2, 0.25) is 0 Å². The summed E-state index contributed by atoms with van der Waals surface area (Å²) in [4.78, 5) is -0.216. The van der Waals surface area contributed by atoms with Crippen LogP contribution in [0.3, 0.4) is 0 Å². The highest BCUT2D eigenvalue weighted by atomic mass is 32.2. The maximum atomic E-state index is 11.9. The number of aromatic hydroxyl groups is 1. The molecule has 2 rings (SSSR count). The van der Waals surface area contributed by atoms with Crippen LogP contribution in [0.15, 0.2) is 46.0 Å². The van der Waals surface area contributed by atoms with E-state index in [9.17, 15) is 18.1 Å². The van der Waals surface area contributed by atoms with Gasteiger partial charge in [-0.1, -0.05) is 22.9 Å². The molecule has 1 aromatic carbocycles. The average molecular weight is 271 g/mol.